The lowest BCUT2D eigenvalue weighted by Crippen LogP contribution is -2.01. The van der Waals surface area contributed by atoms with Gasteiger partial charge in [-0.1, -0.05) is 279 Å². The first-order chi connectivity index (χ1) is 54.6. The van der Waals surface area contributed by atoms with E-state index in [9.17, 15) is 0 Å². The van der Waals surface area contributed by atoms with Gasteiger partial charge in [0.1, 0.15) is 0 Å². The van der Waals surface area contributed by atoms with Gasteiger partial charge in [-0.3, -0.25) is 0 Å². The highest BCUT2D eigenvalue weighted by molar-refractivity contribution is 6.30. The van der Waals surface area contributed by atoms with Crippen molar-refractivity contribution in [2.75, 3.05) is 0 Å². The summed E-state index contributed by atoms with van der Waals surface area (Å²) in [6.07, 6.45) is 0. The molecule has 22 rings (SSSR count). The molecule has 0 atom stereocenters. The van der Waals surface area contributed by atoms with E-state index in [1.165, 1.54) is 76.2 Å². The fraction of sp³-hybridized carbons (Fsp3) is 0. The molecule has 0 bridgehead atoms. The second kappa shape index (κ2) is 26.6. The van der Waals surface area contributed by atoms with Gasteiger partial charge in [-0.2, -0.15) is 0 Å². The van der Waals surface area contributed by atoms with Crippen LogP contribution in [0, 0.1) is 0 Å². The van der Waals surface area contributed by atoms with Gasteiger partial charge in [0.25, 0.3) is 0 Å². The third-order valence-corrected chi connectivity index (χ3v) is 21.5. The fourth-order valence-electron chi connectivity index (χ4n) is 16.6. The molecule has 514 valence electrons. The van der Waals surface area contributed by atoms with Gasteiger partial charge in [-0.05, 0) is 137 Å². The molecular formula is C101H65N9. The summed E-state index contributed by atoms with van der Waals surface area (Å²) in [5.41, 5.74) is 23.9. The van der Waals surface area contributed by atoms with Crippen LogP contribution in [0.25, 0.3) is 200 Å². The summed E-state index contributed by atoms with van der Waals surface area (Å²) in [6, 6.07) is 139. The summed E-state index contributed by atoms with van der Waals surface area (Å²) in [5, 5.41) is 12.3. The van der Waals surface area contributed by atoms with E-state index in [2.05, 4.69) is 370 Å². The van der Waals surface area contributed by atoms with Gasteiger partial charge >= 0.3 is 0 Å². The van der Waals surface area contributed by atoms with Gasteiger partial charge in [0, 0.05) is 99.2 Å². The quantitative estimate of drug-likeness (QED) is 0.129. The van der Waals surface area contributed by atoms with Crippen LogP contribution >= 0.6 is 0 Å². The number of aromatic nitrogens is 9. The topological polar surface area (TPSA) is 84.2 Å². The van der Waals surface area contributed by atoms with Crippen LogP contribution in [-0.2, 0) is 0 Å². The molecular weight excluding hydrogens is 1340 g/mol. The molecule has 9 nitrogen and oxygen atoms in total. The summed E-state index contributed by atoms with van der Waals surface area (Å²) in [7, 11) is 0. The minimum atomic E-state index is 0.635. The summed E-state index contributed by atoms with van der Waals surface area (Å²) in [5.74, 6) is 2.64. The van der Waals surface area contributed by atoms with Crippen LogP contribution in [0.4, 0.5) is 0 Å². The van der Waals surface area contributed by atoms with Crippen molar-refractivity contribution in [3.05, 3.63) is 394 Å². The predicted octanol–water partition coefficient (Wildman–Crippen LogP) is 25.6. The lowest BCUT2D eigenvalue weighted by atomic mass is 9.98. The number of hydrogen-bond acceptors (Lipinski definition) is 5. The van der Waals surface area contributed by atoms with Gasteiger partial charge in [0.15, 0.2) is 23.3 Å². The van der Waals surface area contributed by atoms with Crippen molar-refractivity contribution in [2.45, 2.75) is 0 Å². The molecule has 0 N–H and O–H groups in total. The monoisotopic (exact) mass is 1400 g/mol. The van der Waals surface area contributed by atoms with Crippen molar-refractivity contribution in [3.8, 4) is 102 Å². The van der Waals surface area contributed by atoms with Crippen molar-refractivity contribution in [2.24, 2.45) is 0 Å². The molecule has 9 heteroatoms. The third-order valence-electron chi connectivity index (χ3n) is 21.5. The smallest absolute Gasteiger partial charge is 0.164 e. The largest absolute Gasteiger partial charge is 0.309 e. The van der Waals surface area contributed by atoms with Crippen molar-refractivity contribution >= 4 is 98.0 Å². The zero-order valence-electron chi connectivity index (χ0n) is 59.6. The first kappa shape index (κ1) is 63.5. The molecule has 0 saturated heterocycles. The van der Waals surface area contributed by atoms with Crippen LogP contribution in [0.1, 0.15) is 0 Å². The van der Waals surface area contributed by atoms with Crippen LogP contribution in [0.15, 0.2) is 394 Å². The van der Waals surface area contributed by atoms with Gasteiger partial charge in [-0.25, -0.2) is 24.9 Å². The second-order valence-corrected chi connectivity index (χ2v) is 27.8. The number of rotatable bonds is 11. The standard InChI is InChI=1S/C52H34N4.C49H31N5/c1-4-16-35(17-5-1)40-22-10-11-23-41(40)52-53-44(36-18-6-2-7-19-36)34-45(54-52)37-28-30-39(31-29-37)56-47-27-15-13-25-43(47)51-49(56)33-32-48-50(51)42-24-12-14-26-46(42)55(48)38-20-8-3-9-21-38;1-3-15-33(16-4-1)47-50-48(52-49(51-47)38-23-13-17-32-14-7-8-20-37(32)38)34-26-28-36(29-27-34)54-42-25-12-10-22-40(42)46-44(54)31-30-43-45(46)39-21-9-11-24-41(39)53(43)35-18-5-2-6-19-35/h1-34H;1-31H. The summed E-state index contributed by atoms with van der Waals surface area (Å²) in [4.78, 5) is 25.6. The highest BCUT2D eigenvalue weighted by Crippen LogP contribution is 2.46. The number of benzene rings is 16. The molecule has 22 aromatic rings. The molecule has 0 fully saturated rings. The Labute approximate surface area is 633 Å². The van der Waals surface area contributed by atoms with Crippen molar-refractivity contribution in [1.82, 2.24) is 43.2 Å². The number of nitrogens with zero attached hydrogens (tertiary/aromatic N) is 9. The maximum absolute atomic E-state index is 5.25. The summed E-state index contributed by atoms with van der Waals surface area (Å²) >= 11 is 0. The third kappa shape index (κ3) is 10.7. The van der Waals surface area contributed by atoms with Crippen LogP contribution in [-0.4, -0.2) is 43.2 Å². The molecule has 0 aliphatic rings. The van der Waals surface area contributed by atoms with E-state index in [-0.39, 0.29) is 0 Å². The molecule has 0 aliphatic carbocycles. The lowest BCUT2D eigenvalue weighted by Gasteiger charge is -2.13. The van der Waals surface area contributed by atoms with E-state index >= 15 is 0 Å². The van der Waals surface area contributed by atoms with E-state index in [0.29, 0.717) is 23.3 Å². The average molecular weight is 1400 g/mol. The molecule has 110 heavy (non-hydrogen) atoms. The van der Waals surface area contributed by atoms with Gasteiger partial charge in [0.2, 0.25) is 0 Å². The number of fused-ring (bicyclic) bond motifs is 15. The van der Waals surface area contributed by atoms with Crippen molar-refractivity contribution < 1.29 is 0 Å². The first-order valence-corrected chi connectivity index (χ1v) is 37.2. The molecule has 0 aliphatic heterocycles. The van der Waals surface area contributed by atoms with E-state index < -0.39 is 0 Å². The van der Waals surface area contributed by atoms with Crippen molar-refractivity contribution in [3.63, 3.8) is 0 Å². The Hall–Kier alpha value is -14.9. The molecule has 6 aromatic heterocycles. The minimum Gasteiger partial charge on any atom is -0.309 e. The molecule has 0 amide bonds. The Balaban J connectivity index is 0.000000140. The minimum absolute atomic E-state index is 0.635. The normalized spacial score (nSPS) is 11.6. The number of para-hydroxylation sites is 6. The second-order valence-electron chi connectivity index (χ2n) is 27.8. The van der Waals surface area contributed by atoms with E-state index in [1.807, 2.05) is 42.5 Å². The van der Waals surface area contributed by atoms with Crippen LogP contribution in [0.5, 0.6) is 0 Å². The predicted molar refractivity (Wildman–Crippen MR) is 455 cm³/mol. The van der Waals surface area contributed by atoms with Gasteiger partial charge in [0.05, 0.1) is 55.5 Å². The lowest BCUT2D eigenvalue weighted by molar-refractivity contribution is 1.07. The van der Waals surface area contributed by atoms with Crippen LogP contribution in [0.3, 0.4) is 0 Å². The van der Waals surface area contributed by atoms with Gasteiger partial charge in [-0.15, -0.1) is 0 Å². The molecule has 0 saturated carbocycles. The Morgan fingerprint density at radius 1 is 0.164 bits per heavy atom. The molecule has 16 aromatic carbocycles. The van der Waals surface area contributed by atoms with E-state index in [4.69, 9.17) is 24.9 Å². The molecule has 0 spiro atoms. The fourth-order valence-corrected chi connectivity index (χ4v) is 16.6. The first-order valence-electron chi connectivity index (χ1n) is 37.2. The molecule has 6 heterocycles. The Bertz CT molecular complexity index is 7280. The Kier molecular flexibility index (Phi) is 15.4. The maximum atomic E-state index is 5.25. The molecule has 0 unspecified atom stereocenters. The zero-order valence-corrected chi connectivity index (χ0v) is 59.6. The highest BCUT2D eigenvalue weighted by Gasteiger charge is 2.25. The van der Waals surface area contributed by atoms with Crippen LogP contribution in [0.2, 0.25) is 0 Å². The highest BCUT2D eigenvalue weighted by atomic mass is 15.0. The summed E-state index contributed by atoms with van der Waals surface area (Å²) in [6.45, 7) is 0. The molecule has 0 radical (unpaired) electrons. The van der Waals surface area contributed by atoms with E-state index in [0.717, 1.165) is 100 Å². The summed E-state index contributed by atoms with van der Waals surface area (Å²) < 4.78 is 9.56. The zero-order chi connectivity index (χ0) is 72.6. The SMILES string of the molecule is c1ccc(-c2cc(-c3ccc(-n4c5ccccc5c5c6c7ccccc7n(-c7ccccc7)c6ccc54)cc3)nc(-c3ccccc3-c3ccccc3)n2)cc1.c1ccc(-c2nc(-c3ccc(-n4c5ccccc5c5c6c7ccccc7n(-c7ccccc7)c6ccc54)cc3)nc(-c3cccc4ccccc34)n2)cc1. The average Bonchev–Trinajstić information content (AvgIpc) is 1.55. The number of hydrogen-bond donors (Lipinski definition) is 0. The Morgan fingerprint density at radius 2 is 0.455 bits per heavy atom. The van der Waals surface area contributed by atoms with Crippen LogP contribution < -0.4 is 0 Å². The van der Waals surface area contributed by atoms with Crippen molar-refractivity contribution in [1.29, 1.82) is 0 Å². The maximum Gasteiger partial charge on any atom is 0.164 e. The van der Waals surface area contributed by atoms with Gasteiger partial charge < -0.3 is 18.3 Å². The van der Waals surface area contributed by atoms with E-state index in [1.54, 1.807) is 0 Å². The Morgan fingerprint density at radius 3 is 0.900 bits per heavy atom.